The number of carbonyl (C=O) groups is 2. The van der Waals surface area contributed by atoms with E-state index in [4.69, 9.17) is 4.74 Å². The van der Waals surface area contributed by atoms with Gasteiger partial charge in [-0.25, -0.2) is 4.39 Å². The van der Waals surface area contributed by atoms with Crippen molar-refractivity contribution in [2.75, 3.05) is 32.8 Å². The van der Waals surface area contributed by atoms with Crippen LogP contribution >= 0.6 is 0 Å². The van der Waals surface area contributed by atoms with Crippen LogP contribution in [0.4, 0.5) is 4.39 Å². The molecule has 0 atom stereocenters. The number of ether oxygens (including phenoxy) is 1. The van der Waals surface area contributed by atoms with Crippen molar-refractivity contribution < 1.29 is 18.7 Å². The zero-order chi connectivity index (χ0) is 22.1. The number of rotatable bonds is 7. The average molecular weight is 435 g/mol. The topological polar surface area (TPSA) is 49.9 Å². The Labute approximate surface area is 187 Å². The Morgan fingerprint density at radius 1 is 0.906 bits per heavy atom. The van der Waals surface area contributed by atoms with Crippen molar-refractivity contribution in [1.82, 2.24) is 9.80 Å². The van der Waals surface area contributed by atoms with Crippen molar-refractivity contribution in [3.63, 3.8) is 0 Å². The number of fused-ring (bicyclic) bond motifs is 2. The van der Waals surface area contributed by atoms with Crippen LogP contribution < -0.4 is 4.74 Å². The van der Waals surface area contributed by atoms with Crippen molar-refractivity contribution in [3.8, 4) is 5.75 Å². The molecule has 32 heavy (non-hydrogen) atoms. The van der Waals surface area contributed by atoms with Crippen LogP contribution in [0.1, 0.15) is 51.1 Å². The molecule has 2 amide bonds. The third kappa shape index (κ3) is 3.95. The molecule has 2 aromatic carbocycles. The fourth-order valence-electron chi connectivity index (χ4n) is 4.92. The van der Waals surface area contributed by atoms with Gasteiger partial charge in [-0.3, -0.25) is 19.4 Å². The van der Waals surface area contributed by atoms with Crippen LogP contribution in [0.5, 0.6) is 5.75 Å². The second kappa shape index (κ2) is 8.87. The van der Waals surface area contributed by atoms with Gasteiger partial charge in [0.05, 0.1) is 11.1 Å². The van der Waals surface area contributed by atoms with E-state index in [2.05, 4.69) is 11.0 Å². The minimum Gasteiger partial charge on any atom is -0.489 e. The van der Waals surface area contributed by atoms with Gasteiger partial charge in [-0.2, -0.15) is 0 Å². The van der Waals surface area contributed by atoms with Crippen LogP contribution in [0.3, 0.4) is 0 Å². The van der Waals surface area contributed by atoms with E-state index in [1.54, 1.807) is 30.3 Å². The highest BCUT2D eigenvalue weighted by molar-refractivity contribution is 6.21. The van der Waals surface area contributed by atoms with Gasteiger partial charge in [0.1, 0.15) is 18.2 Å². The Hall–Kier alpha value is -2.99. The van der Waals surface area contributed by atoms with E-state index in [0.29, 0.717) is 24.3 Å². The molecule has 2 heterocycles. The highest BCUT2D eigenvalue weighted by atomic mass is 19.1. The van der Waals surface area contributed by atoms with Crippen molar-refractivity contribution in [2.24, 2.45) is 0 Å². The molecular weight excluding hydrogens is 407 g/mol. The van der Waals surface area contributed by atoms with E-state index < -0.39 is 0 Å². The van der Waals surface area contributed by atoms with Gasteiger partial charge in [0, 0.05) is 31.7 Å². The molecule has 5 rings (SSSR count). The molecule has 1 aliphatic carbocycles. The third-order valence-corrected chi connectivity index (χ3v) is 6.72. The van der Waals surface area contributed by atoms with Gasteiger partial charge in [0.15, 0.2) is 0 Å². The lowest BCUT2D eigenvalue weighted by Crippen LogP contribution is -2.35. The predicted molar refractivity (Wildman–Crippen MR) is 119 cm³/mol. The standard InChI is InChI=1S/C26H27FN2O3/c27-23-9-10-24(20-8-3-7-19(20)23)32-17-18-11-15-28(16-12-18)13-4-14-29-25(30)21-5-1-2-6-22(21)26(29)31/h1-2,5-6,9-11H,3-4,7-8,12-17H2. The summed E-state index contributed by atoms with van der Waals surface area (Å²) < 4.78 is 20.0. The molecule has 0 unspecified atom stereocenters. The summed E-state index contributed by atoms with van der Waals surface area (Å²) in [6.45, 7) is 3.59. The first-order valence-electron chi connectivity index (χ1n) is 11.4. The predicted octanol–water partition coefficient (Wildman–Crippen LogP) is 4.01. The molecule has 166 valence electrons. The molecular formula is C26H27FN2O3. The molecule has 0 fully saturated rings. The highest BCUT2D eigenvalue weighted by Gasteiger charge is 2.34. The van der Waals surface area contributed by atoms with Crippen molar-refractivity contribution in [1.29, 1.82) is 0 Å². The number of hydrogen-bond donors (Lipinski definition) is 0. The molecule has 0 saturated carbocycles. The second-order valence-electron chi connectivity index (χ2n) is 8.72. The smallest absolute Gasteiger partial charge is 0.261 e. The fourth-order valence-corrected chi connectivity index (χ4v) is 4.92. The lowest BCUT2D eigenvalue weighted by molar-refractivity contribution is 0.0647. The van der Waals surface area contributed by atoms with Gasteiger partial charge >= 0.3 is 0 Å². The first-order chi connectivity index (χ1) is 15.6. The lowest BCUT2D eigenvalue weighted by atomic mass is 10.1. The average Bonchev–Trinajstić information content (AvgIpc) is 3.40. The zero-order valence-electron chi connectivity index (χ0n) is 18.1. The summed E-state index contributed by atoms with van der Waals surface area (Å²) in [5.41, 5.74) is 4.14. The summed E-state index contributed by atoms with van der Waals surface area (Å²) in [5.74, 6) is 0.341. The van der Waals surface area contributed by atoms with Crippen molar-refractivity contribution in [2.45, 2.75) is 32.1 Å². The van der Waals surface area contributed by atoms with Crippen LogP contribution in [0.15, 0.2) is 48.0 Å². The highest BCUT2D eigenvalue weighted by Crippen LogP contribution is 2.33. The van der Waals surface area contributed by atoms with E-state index in [9.17, 15) is 14.0 Å². The van der Waals surface area contributed by atoms with E-state index in [0.717, 1.165) is 68.6 Å². The Balaban J connectivity index is 1.09. The summed E-state index contributed by atoms with van der Waals surface area (Å²) in [7, 11) is 0. The van der Waals surface area contributed by atoms with Gasteiger partial charge in [-0.05, 0) is 67.5 Å². The first-order valence-corrected chi connectivity index (χ1v) is 11.4. The zero-order valence-corrected chi connectivity index (χ0v) is 18.1. The van der Waals surface area contributed by atoms with Gasteiger partial charge in [-0.1, -0.05) is 18.2 Å². The molecule has 0 saturated heterocycles. The fraction of sp³-hybridized carbons (Fsp3) is 0.385. The van der Waals surface area contributed by atoms with Gasteiger partial charge in [0.2, 0.25) is 0 Å². The largest absolute Gasteiger partial charge is 0.489 e. The summed E-state index contributed by atoms with van der Waals surface area (Å²) in [4.78, 5) is 28.6. The molecule has 6 heteroatoms. The minimum atomic E-state index is -0.184. The molecule has 0 bridgehead atoms. The minimum absolute atomic E-state index is 0.112. The van der Waals surface area contributed by atoms with Crippen LogP contribution in [0, 0.1) is 5.82 Å². The number of hydrogen-bond acceptors (Lipinski definition) is 4. The Morgan fingerprint density at radius 2 is 1.66 bits per heavy atom. The van der Waals surface area contributed by atoms with Gasteiger partial charge < -0.3 is 4.74 Å². The molecule has 0 spiro atoms. The van der Waals surface area contributed by atoms with Crippen molar-refractivity contribution in [3.05, 3.63) is 76.1 Å². The van der Waals surface area contributed by atoms with E-state index in [-0.39, 0.29) is 17.6 Å². The maximum atomic E-state index is 13.9. The maximum Gasteiger partial charge on any atom is 0.261 e. The van der Waals surface area contributed by atoms with Crippen LogP contribution in [0.2, 0.25) is 0 Å². The quantitative estimate of drug-likeness (QED) is 0.488. The van der Waals surface area contributed by atoms with E-state index >= 15 is 0 Å². The van der Waals surface area contributed by atoms with Gasteiger partial charge in [-0.15, -0.1) is 0 Å². The monoisotopic (exact) mass is 434 g/mol. The number of halogens is 1. The number of benzene rings is 2. The van der Waals surface area contributed by atoms with Gasteiger partial charge in [0.25, 0.3) is 11.8 Å². The summed E-state index contributed by atoms with van der Waals surface area (Å²) >= 11 is 0. The first kappa shape index (κ1) is 20.9. The number of carbonyl (C=O) groups excluding carboxylic acids is 2. The van der Waals surface area contributed by atoms with E-state index in [1.165, 1.54) is 16.5 Å². The second-order valence-corrected chi connectivity index (χ2v) is 8.72. The maximum absolute atomic E-state index is 13.9. The summed E-state index contributed by atoms with van der Waals surface area (Å²) in [6.07, 6.45) is 6.57. The Kier molecular flexibility index (Phi) is 5.79. The third-order valence-electron chi connectivity index (χ3n) is 6.72. The number of imide groups is 1. The van der Waals surface area contributed by atoms with Crippen LogP contribution in [-0.2, 0) is 12.8 Å². The Bertz CT molecular complexity index is 1060. The molecule has 0 N–H and O–H groups in total. The normalized spacial score (nSPS) is 18.0. The number of amides is 2. The molecule has 0 aromatic heterocycles. The molecule has 3 aliphatic rings. The van der Waals surface area contributed by atoms with E-state index in [1.807, 2.05) is 0 Å². The molecule has 2 aliphatic heterocycles. The van der Waals surface area contributed by atoms with Crippen LogP contribution in [0.25, 0.3) is 0 Å². The molecule has 0 radical (unpaired) electrons. The number of nitrogens with zero attached hydrogens (tertiary/aromatic N) is 2. The summed E-state index contributed by atoms with van der Waals surface area (Å²) in [5, 5.41) is 0. The Morgan fingerprint density at radius 3 is 2.38 bits per heavy atom. The molecule has 2 aromatic rings. The molecule has 5 nitrogen and oxygen atoms in total. The SMILES string of the molecule is O=C1c2ccccc2C(=O)N1CCCN1CC=C(COc2ccc(F)c3c2CCC3)CC1. The summed E-state index contributed by atoms with van der Waals surface area (Å²) in [6, 6.07) is 10.3. The van der Waals surface area contributed by atoms with Crippen LogP contribution in [-0.4, -0.2) is 54.4 Å². The lowest BCUT2D eigenvalue weighted by Gasteiger charge is -2.27. The van der Waals surface area contributed by atoms with Crippen molar-refractivity contribution >= 4 is 11.8 Å².